The summed E-state index contributed by atoms with van der Waals surface area (Å²) in [6.07, 6.45) is 3.01. The minimum atomic E-state index is -0.243. The minimum absolute atomic E-state index is 0.243. The van der Waals surface area contributed by atoms with Crippen molar-refractivity contribution in [2.45, 2.75) is 0 Å². The van der Waals surface area contributed by atoms with Crippen molar-refractivity contribution in [1.82, 2.24) is 10.2 Å². The van der Waals surface area contributed by atoms with Gasteiger partial charge in [-0.3, -0.25) is 9.89 Å². The molecule has 0 aliphatic rings. The first kappa shape index (κ1) is 12.9. The van der Waals surface area contributed by atoms with Crippen LogP contribution in [0.3, 0.4) is 0 Å². The molecule has 0 saturated heterocycles. The van der Waals surface area contributed by atoms with Gasteiger partial charge < -0.3 is 10.1 Å². The van der Waals surface area contributed by atoms with E-state index in [1.165, 1.54) is 12.4 Å². The van der Waals surface area contributed by atoms with Crippen LogP contribution in [0.4, 0.5) is 5.69 Å². The maximum atomic E-state index is 12.1. The minimum Gasteiger partial charge on any atom is -0.455 e. The Morgan fingerprint density at radius 2 is 1.81 bits per heavy atom. The van der Waals surface area contributed by atoms with E-state index in [1.54, 1.807) is 12.1 Å². The van der Waals surface area contributed by atoms with Gasteiger partial charge in [0.2, 0.25) is 0 Å². The van der Waals surface area contributed by atoms with Crippen LogP contribution in [0, 0.1) is 0 Å². The highest BCUT2D eigenvalue weighted by Crippen LogP contribution is 2.29. The summed E-state index contributed by atoms with van der Waals surface area (Å²) in [6.45, 7) is 0. The van der Waals surface area contributed by atoms with Gasteiger partial charge in [0.25, 0.3) is 5.91 Å². The van der Waals surface area contributed by atoms with Crippen LogP contribution in [-0.4, -0.2) is 16.1 Å². The third-order valence-corrected chi connectivity index (χ3v) is 2.87. The van der Waals surface area contributed by atoms with Gasteiger partial charge in [-0.1, -0.05) is 30.3 Å². The molecular weight excluding hydrogens is 266 g/mol. The van der Waals surface area contributed by atoms with Crippen molar-refractivity contribution in [3.8, 4) is 11.5 Å². The van der Waals surface area contributed by atoms with Crippen molar-refractivity contribution in [3.05, 3.63) is 72.6 Å². The lowest BCUT2D eigenvalue weighted by molar-refractivity contribution is 0.102. The summed E-state index contributed by atoms with van der Waals surface area (Å²) in [5.74, 6) is 1.05. The first-order valence-corrected chi connectivity index (χ1v) is 6.45. The predicted molar refractivity (Wildman–Crippen MR) is 79.5 cm³/mol. The van der Waals surface area contributed by atoms with Crippen LogP contribution < -0.4 is 10.1 Å². The van der Waals surface area contributed by atoms with Crippen molar-refractivity contribution >= 4 is 11.6 Å². The van der Waals surface area contributed by atoms with E-state index < -0.39 is 0 Å². The molecule has 0 saturated carbocycles. The lowest BCUT2D eigenvalue weighted by atomic mass is 10.2. The Morgan fingerprint density at radius 3 is 2.57 bits per heavy atom. The number of carbonyl (C=O) groups is 1. The monoisotopic (exact) mass is 279 g/mol. The molecule has 2 N–H and O–H groups in total. The average molecular weight is 279 g/mol. The fraction of sp³-hybridized carbons (Fsp3) is 0. The molecule has 1 aromatic heterocycles. The molecule has 3 aromatic rings. The van der Waals surface area contributed by atoms with Gasteiger partial charge in [0.15, 0.2) is 5.75 Å². The molecule has 1 amide bonds. The van der Waals surface area contributed by atoms with Crippen LogP contribution in [0.5, 0.6) is 11.5 Å². The smallest absolute Gasteiger partial charge is 0.258 e. The molecule has 0 bridgehead atoms. The Balaban J connectivity index is 1.81. The molecule has 0 spiro atoms. The number of para-hydroxylation sites is 3. The van der Waals surface area contributed by atoms with Gasteiger partial charge in [0, 0.05) is 6.20 Å². The number of benzene rings is 2. The van der Waals surface area contributed by atoms with Crippen LogP contribution in [0.2, 0.25) is 0 Å². The first-order valence-electron chi connectivity index (χ1n) is 6.45. The predicted octanol–water partition coefficient (Wildman–Crippen LogP) is 3.45. The second-order valence-corrected chi connectivity index (χ2v) is 4.35. The molecule has 5 heteroatoms. The lowest BCUT2D eigenvalue weighted by Crippen LogP contribution is -2.11. The number of hydrogen-bond donors (Lipinski definition) is 2. The quantitative estimate of drug-likeness (QED) is 0.768. The van der Waals surface area contributed by atoms with Gasteiger partial charge in [0.1, 0.15) is 5.75 Å². The zero-order valence-corrected chi connectivity index (χ0v) is 11.1. The summed E-state index contributed by atoms with van der Waals surface area (Å²) in [5, 5.41) is 9.18. The maximum Gasteiger partial charge on any atom is 0.258 e. The number of carbonyl (C=O) groups excluding carboxylic acids is 1. The van der Waals surface area contributed by atoms with Crippen LogP contribution in [-0.2, 0) is 0 Å². The van der Waals surface area contributed by atoms with Crippen molar-refractivity contribution < 1.29 is 9.53 Å². The van der Waals surface area contributed by atoms with Gasteiger partial charge in [-0.15, -0.1) is 0 Å². The number of aromatic amines is 1. The Hall–Kier alpha value is -3.08. The Kier molecular flexibility index (Phi) is 3.64. The number of hydrogen-bond acceptors (Lipinski definition) is 3. The van der Waals surface area contributed by atoms with E-state index in [0.29, 0.717) is 22.7 Å². The van der Waals surface area contributed by atoms with Gasteiger partial charge in [-0.25, -0.2) is 0 Å². The van der Waals surface area contributed by atoms with Crippen LogP contribution in [0.25, 0.3) is 0 Å². The number of rotatable bonds is 4. The fourth-order valence-corrected chi connectivity index (χ4v) is 1.84. The molecule has 5 nitrogen and oxygen atoms in total. The summed E-state index contributed by atoms with van der Waals surface area (Å²) in [5.41, 5.74) is 1.07. The SMILES string of the molecule is O=C(Nc1ccccc1Oc1ccccc1)c1cn[nH]c1. The highest BCUT2D eigenvalue weighted by Gasteiger charge is 2.10. The van der Waals surface area contributed by atoms with Gasteiger partial charge >= 0.3 is 0 Å². The summed E-state index contributed by atoms with van der Waals surface area (Å²) in [7, 11) is 0. The Bertz CT molecular complexity index is 724. The van der Waals surface area contributed by atoms with Gasteiger partial charge in [-0.05, 0) is 24.3 Å². The summed E-state index contributed by atoms with van der Waals surface area (Å²) < 4.78 is 5.79. The molecule has 104 valence electrons. The van der Waals surface area contributed by atoms with E-state index in [9.17, 15) is 4.79 Å². The Morgan fingerprint density at radius 1 is 1.05 bits per heavy atom. The molecular formula is C16H13N3O2. The number of anilines is 1. The second kappa shape index (κ2) is 5.92. The Labute approximate surface area is 121 Å². The number of aromatic nitrogens is 2. The standard InChI is InChI=1S/C16H13N3O2/c20-16(12-10-17-18-11-12)19-14-8-4-5-9-15(14)21-13-6-2-1-3-7-13/h1-11H,(H,17,18)(H,19,20). The molecule has 3 rings (SSSR count). The molecule has 1 heterocycles. The fourth-order valence-electron chi connectivity index (χ4n) is 1.84. The molecule has 0 fully saturated rings. The lowest BCUT2D eigenvalue weighted by Gasteiger charge is -2.11. The summed E-state index contributed by atoms with van der Waals surface area (Å²) in [4.78, 5) is 12.1. The third-order valence-electron chi connectivity index (χ3n) is 2.87. The zero-order chi connectivity index (χ0) is 14.5. The topological polar surface area (TPSA) is 67.0 Å². The highest BCUT2D eigenvalue weighted by atomic mass is 16.5. The highest BCUT2D eigenvalue weighted by molar-refractivity contribution is 6.04. The van der Waals surface area contributed by atoms with Crippen molar-refractivity contribution in [1.29, 1.82) is 0 Å². The number of nitrogens with one attached hydrogen (secondary N) is 2. The molecule has 2 aromatic carbocycles. The molecule has 0 aliphatic carbocycles. The second-order valence-electron chi connectivity index (χ2n) is 4.35. The summed E-state index contributed by atoms with van der Waals surface area (Å²) in [6, 6.07) is 16.7. The zero-order valence-electron chi connectivity index (χ0n) is 11.1. The molecule has 0 aliphatic heterocycles. The van der Waals surface area contributed by atoms with Gasteiger partial charge in [0.05, 0.1) is 17.4 Å². The van der Waals surface area contributed by atoms with Gasteiger partial charge in [-0.2, -0.15) is 5.10 Å². The number of nitrogens with zero attached hydrogens (tertiary/aromatic N) is 1. The third kappa shape index (κ3) is 3.09. The molecule has 0 radical (unpaired) electrons. The first-order chi connectivity index (χ1) is 10.3. The number of ether oxygens (including phenoxy) is 1. The van der Waals surface area contributed by atoms with E-state index in [-0.39, 0.29) is 5.91 Å². The molecule has 0 atom stereocenters. The summed E-state index contributed by atoms with van der Waals surface area (Å²) >= 11 is 0. The molecule has 0 unspecified atom stereocenters. The van der Waals surface area contributed by atoms with E-state index in [1.807, 2.05) is 42.5 Å². The number of amides is 1. The van der Waals surface area contributed by atoms with Crippen LogP contribution in [0.1, 0.15) is 10.4 Å². The van der Waals surface area contributed by atoms with Crippen LogP contribution >= 0.6 is 0 Å². The maximum absolute atomic E-state index is 12.1. The van der Waals surface area contributed by atoms with Crippen molar-refractivity contribution in [2.24, 2.45) is 0 Å². The van der Waals surface area contributed by atoms with E-state index in [4.69, 9.17) is 4.74 Å². The van der Waals surface area contributed by atoms with E-state index >= 15 is 0 Å². The van der Waals surface area contributed by atoms with Crippen molar-refractivity contribution in [2.75, 3.05) is 5.32 Å². The average Bonchev–Trinajstić information content (AvgIpc) is 3.05. The van der Waals surface area contributed by atoms with E-state index in [2.05, 4.69) is 15.5 Å². The van der Waals surface area contributed by atoms with E-state index in [0.717, 1.165) is 0 Å². The number of H-pyrrole nitrogens is 1. The molecule has 21 heavy (non-hydrogen) atoms. The van der Waals surface area contributed by atoms with Crippen molar-refractivity contribution in [3.63, 3.8) is 0 Å². The normalized spacial score (nSPS) is 10.1. The largest absolute Gasteiger partial charge is 0.455 e. The van der Waals surface area contributed by atoms with Crippen LogP contribution in [0.15, 0.2) is 67.0 Å².